The van der Waals surface area contributed by atoms with Crippen LogP contribution in [0.4, 0.5) is 0 Å². The van der Waals surface area contributed by atoms with Crippen molar-refractivity contribution in [1.29, 1.82) is 0 Å². The molecule has 1 saturated heterocycles. The molecule has 4 rings (SSSR count). The molecule has 0 N–H and O–H groups in total. The van der Waals surface area contributed by atoms with E-state index < -0.39 is 0 Å². The summed E-state index contributed by atoms with van der Waals surface area (Å²) in [6.07, 6.45) is 4.39. The summed E-state index contributed by atoms with van der Waals surface area (Å²) >= 11 is 0. The zero-order chi connectivity index (χ0) is 19.0. The van der Waals surface area contributed by atoms with Gasteiger partial charge in [-0.25, -0.2) is 9.67 Å². The third kappa shape index (κ3) is 3.99. The first-order chi connectivity index (χ1) is 12.9. The Balaban J connectivity index is 1.49. The number of aromatic nitrogens is 4. The SMILES string of the molecule is CC(C)(C)c1ccc(=O)n(CC2CCCN2Cc2cn3c(n2)COCC3)n1. The number of imidazole rings is 1. The van der Waals surface area contributed by atoms with Crippen LogP contribution in [0.3, 0.4) is 0 Å². The highest BCUT2D eigenvalue weighted by Gasteiger charge is 2.27. The largest absolute Gasteiger partial charge is 0.372 e. The van der Waals surface area contributed by atoms with Gasteiger partial charge >= 0.3 is 0 Å². The molecular formula is C20H29N5O2. The lowest BCUT2D eigenvalue weighted by molar-refractivity contribution is 0.0816. The van der Waals surface area contributed by atoms with Gasteiger partial charge in [0.25, 0.3) is 5.56 Å². The summed E-state index contributed by atoms with van der Waals surface area (Å²) in [4.78, 5) is 19.5. The first-order valence-electron chi connectivity index (χ1n) is 9.85. The van der Waals surface area contributed by atoms with Crippen molar-refractivity contribution in [3.63, 3.8) is 0 Å². The van der Waals surface area contributed by atoms with E-state index in [0.717, 1.165) is 56.3 Å². The molecule has 0 spiro atoms. The van der Waals surface area contributed by atoms with Crippen LogP contribution in [0.1, 0.15) is 50.8 Å². The van der Waals surface area contributed by atoms with E-state index in [1.165, 1.54) is 0 Å². The summed E-state index contributed by atoms with van der Waals surface area (Å²) in [7, 11) is 0. The number of hydrogen-bond donors (Lipinski definition) is 0. The minimum absolute atomic E-state index is 0.0237. The summed E-state index contributed by atoms with van der Waals surface area (Å²) in [5.41, 5.74) is 1.95. The molecule has 0 saturated carbocycles. The number of likely N-dealkylation sites (tertiary alicyclic amines) is 1. The van der Waals surface area contributed by atoms with Gasteiger partial charge in [0.1, 0.15) is 12.4 Å². The van der Waals surface area contributed by atoms with Crippen molar-refractivity contribution in [1.82, 2.24) is 24.2 Å². The Labute approximate surface area is 160 Å². The van der Waals surface area contributed by atoms with Gasteiger partial charge in [-0.1, -0.05) is 20.8 Å². The van der Waals surface area contributed by atoms with Gasteiger partial charge in [0.15, 0.2) is 0 Å². The predicted molar refractivity (Wildman–Crippen MR) is 103 cm³/mol. The van der Waals surface area contributed by atoms with Gasteiger partial charge in [-0.3, -0.25) is 9.69 Å². The van der Waals surface area contributed by atoms with E-state index in [-0.39, 0.29) is 11.0 Å². The third-order valence-electron chi connectivity index (χ3n) is 5.50. The van der Waals surface area contributed by atoms with Gasteiger partial charge in [0.2, 0.25) is 0 Å². The highest BCUT2D eigenvalue weighted by Crippen LogP contribution is 2.22. The smallest absolute Gasteiger partial charge is 0.266 e. The van der Waals surface area contributed by atoms with Crippen molar-refractivity contribution in [2.75, 3.05) is 13.2 Å². The second-order valence-electron chi connectivity index (χ2n) is 8.65. The molecule has 146 valence electrons. The van der Waals surface area contributed by atoms with Crippen LogP contribution in [0, 0.1) is 0 Å². The van der Waals surface area contributed by atoms with Gasteiger partial charge in [0.05, 0.1) is 24.5 Å². The molecule has 2 aromatic heterocycles. The maximum absolute atomic E-state index is 12.3. The summed E-state index contributed by atoms with van der Waals surface area (Å²) in [6.45, 7) is 11.1. The summed E-state index contributed by atoms with van der Waals surface area (Å²) in [6, 6.07) is 3.82. The van der Waals surface area contributed by atoms with Crippen LogP contribution >= 0.6 is 0 Å². The van der Waals surface area contributed by atoms with Crippen molar-refractivity contribution in [3.8, 4) is 0 Å². The van der Waals surface area contributed by atoms with E-state index in [4.69, 9.17) is 9.72 Å². The molecule has 0 aliphatic carbocycles. The first kappa shape index (κ1) is 18.4. The zero-order valence-corrected chi connectivity index (χ0v) is 16.5. The van der Waals surface area contributed by atoms with Crippen LogP contribution in [-0.2, 0) is 36.4 Å². The van der Waals surface area contributed by atoms with Crippen LogP contribution in [-0.4, -0.2) is 43.4 Å². The maximum Gasteiger partial charge on any atom is 0.266 e. The van der Waals surface area contributed by atoms with Gasteiger partial charge in [-0.2, -0.15) is 5.10 Å². The van der Waals surface area contributed by atoms with E-state index >= 15 is 0 Å². The van der Waals surface area contributed by atoms with E-state index in [1.54, 1.807) is 10.7 Å². The normalized spacial score (nSPS) is 20.8. The quantitative estimate of drug-likeness (QED) is 0.822. The summed E-state index contributed by atoms with van der Waals surface area (Å²) < 4.78 is 9.33. The van der Waals surface area contributed by atoms with Gasteiger partial charge < -0.3 is 9.30 Å². The third-order valence-corrected chi connectivity index (χ3v) is 5.50. The highest BCUT2D eigenvalue weighted by molar-refractivity contribution is 5.11. The van der Waals surface area contributed by atoms with Crippen molar-refractivity contribution in [3.05, 3.63) is 45.9 Å². The van der Waals surface area contributed by atoms with Crippen LogP contribution in [0.15, 0.2) is 23.1 Å². The molecule has 2 aliphatic heterocycles. The van der Waals surface area contributed by atoms with Gasteiger partial charge in [-0.15, -0.1) is 0 Å². The molecule has 0 amide bonds. The standard InChI is InChI=1S/C20H29N5O2/c1-20(2,3)17-6-7-19(26)25(22-17)13-16-5-4-8-23(16)11-15-12-24-9-10-27-14-18(24)21-15/h6-7,12,16H,4-5,8-11,13-14H2,1-3H3. The molecule has 4 heterocycles. The van der Waals surface area contributed by atoms with Crippen molar-refractivity contribution in [2.24, 2.45) is 0 Å². The Morgan fingerprint density at radius 3 is 2.89 bits per heavy atom. The maximum atomic E-state index is 12.3. The zero-order valence-electron chi connectivity index (χ0n) is 16.5. The monoisotopic (exact) mass is 371 g/mol. The summed E-state index contributed by atoms with van der Waals surface area (Å²) in [5.74, 6) is 1.02. The molecule has 27 heavy (non-hydrogen) atoms. The van der Waals surface area contributed by atoms with Crippen molar-refractivity contribution < 1.29 is 4.74 Å². The van der Waals surface area contributed by atoms with Crippen LogP contribution < -0.4 is 5.56 Å². The van der Waals surface area contributed by atoms with Crippen LogP contribution in [0.2, 0.25) is 0 Å². The Bertz CT molecular complexity index is 840. The molecule has 2 aromatic rings. The number of nitrogens with zero attached hydrogens (tertiary/aromatic N) is 5. The first-order valence-corrected chi connectivity index (χ1v) is 9.85. The number of fused-ring (bicyclic) bond motifs is 1. The second kappa shape index (κ2) is 7.20. The van der Waals surface area contributed by atoms with Gasteiger partial charge in [0, 0.05) is 36.8 Å². The molecule has 0 bridgehead atoms. The Kier molecular flexibility index (Phi) is 4.90. The molecule has 1 fully saturated rings. The average molecular weight is 371 g/mol. The molecule has 2 aliphatic rings. The molecule has 0 radical (unpaired) electrons. The fourth-order valence-corrected chi connectivity index (χ4v) is 3.92. The lowest BCUT2D eigenvalue weighted by Crippen LogP contribution is -2.37. The Morgan fingerprint density at radius 1 is 1.26 bits per heavy atom. The summed E-state index contributed by atoms with van der Waals surface area (Å²) in [5, 5.41) is 4.64. The van der Waals surface area contributed by atoms with Crippen molar-refractivity contribution >= 4 is 0 Å². The number of ether oxygens (including phenoxy) is 1. The molecule has 0 aromatic carbocycles. The molecule has 1 atom stereocenters. The fourth-order valence-electron chi connectivity index (χ4n) is 3.92. The predicted octanol–water partition coefficient (Wildman–Crippen LogP) is 1.93. The minimum atomic E-state index is -0.0671. The Hall–Kier alpha value is -1.99. The number of hydrogen-bond acceptors (Lipinski definition) is 5. The van der Waals surface area contributed by atoms with Crippen LogP contribution in [0.25, 0.3) is 0 Å². The molecular weight excluding hydrogens is 342 g/mol. The molecule has 7 heteroatoms. The van der Waals surface area contributed by atoms with Crippen LogP contribution in [0.5, 0.6) is 0 Å². The molecule has 1 unspecified atom stereocenters. The topological polar surface area (TPSA) is 65.2 Å². The van der Waals surface area contributed by atoms with Crippen molar-refractivity contribution in [2.45, 2.75) is 71.3 Å². The lowest BCUT2D eigenvalue weighted by atomic mass is 9.92. The lowest BCUT2D eigenvalue weighted by Gasteiger charge is -2.25. The van der Waals surface area contributed by atoms with Gasteiger partial charge in [-0.05, 0) is 25.5 Å². The second-order valence-corrected chi connectivity index (χ2v) is 8.65. The Morgan fingerprint density at radius 2 is 2.11 bits per heavy atom. The fraction of sp³-hybridized carbons (Fsp3) is 0.650. The number of rotatable bonds is 4. The van der Waals surface area contributed by atoms with E-state index in [2.05, 4.69) is 41.5 Å². The van der Waals surface area contributed by atoms with E-state index in [9.17, 15) is 4.79 Å². The van der Waals surface area contributed by atoms with E-state index in [1.807, 2.05) is 6.07 Å². The average Bonchev–Trinajstić information content (AvgIpc) is 3.22. The highest BCUT2D eigenvalue weighted by atomic mass is 16.5. The minimum Gasteiger partial charge on any atom is -0.372 e. The van der Waals surface area contributed by atoms with E-state index in [0.29, 0.717) is 19.2 Å². The molecule has 7 nitrogen and oxygen atoms in total.